The molecule has 0 radical (unpaired) electrons. The Hall–Kier alpha value is -3.15. The molecule has 1 aliphatic heterocycles. The summed E-state index contributed by atoms with van der Waals surface area (Å²) < 4.78 is 46.6. The van der Waals surface area contributed by atoms with Crippen LogP contribution in [0.25, 0.3) is 22.3 Å². The molecule has 2 atom stereocenters. The number of imidazole rings is 1. The molecular weight excluding hydrogens is 501 g/mol. The standard InChI is InChI=1S/C26H27F3N6OS/c27-26(28,29)20-6-4-18(5-7-20)19-3-1-2-17(12-19)13-31-10-11-37-14-21-8-9-22(36-21)35-16-34-23-24(30)32-15-33-25(23)35/h1-7,12,15-16,21-22,31H,8-11,13-14H2,(H2,30,32,33). The van der Waals surface area contributed by atoms with Gasteiger partial charge in [-0.25, -0.2) is 15.0 Å². The molecule has 0 bridgehead atoms. The third kappa shape index (κ3) is 6.06. The molecule has 3 heterocycles. The van der Waals surface area contributed by atoms with Crippen molar-refractivity contribution in [2.24, 2.45) is 0 Å². The zero-order valence-corrected chi connectivity index (χ0v) is 20.8. The molecular formula is C26H27F3N6OS. The molecule has 0 spiro atoms. The summed E-state index contributed by atoms with van der Waals surface area (Å²) in [5.41, 5.74) is 9.28. The Morgan fingerprint density at radius 1 is 1.05 bits per heavy atom. The zero-order chi connectivity index (χ0) is 25.8. The molecule has 1 aliphatic rings. The Kier molecular flexibility index (Phi) is 7.63. The van der Waals surface area contributed by atoms with E-state index in [-0.39, 0.29) is 12.3 Å². The third-order valence-corrected chi connectivity index (χ3v) is 7.41. The van der Waals surface area contributed by atoms with Crippen LogP contribution in [0.2, 0.25) is 0 Å². The number of halogens is 3. The summed E-state index contributed by atoms with van der Waals surface area (Å²) in [5, 5.41) is 3.44. The van der Waals surface area contributed by atoms with E-state index in [9.17, 15) is 13.2 Å². The Bertz CT molecular complexity index is 1340. The predicted octanol–water partition coefficient (Wildman–Crippen LogP) is 5.29. The first-order valence-corrected chi connectivity index (χ1v) is 13.2. The van der Waals surface area contributed by atoms with Crippen molar-refractivity contribution in [3.8, 4) is 11.1 Å². The quantitative estimate of drug-likeness (QED) is 0.285. The maximum atomic E-state index is 12.8. The van der Waals surface area contributed by atoms with Gasteiger partial charge in [0.1, 0.15) is 18.1 Å². The van der Waals surface area contributed by atoms with Gasteiger partial charge in [-0.3, -0.25) is 4.57 Å². The van der Waals surface area contributed by atoms with Gasteiger partial charge in [-0.05, 0) is 47.7 Å². The second-order valence-electron chi connectivity index (χ2n) is 8.90. The van der Waals surface area contributed by atoms with E-state index in [2.05, 4.69) is 20.3 Å². The van der Waals surface area contributed by atoms with Crippen LogP contribution in [-0.2, 0) is 17.5 Å². The summed E-state index contributed by atoms with van der Waals surface area (Å²) in [6.07, 6.45) is 0.776. The first-order valence-electron chi connectivity index (χ1n) is 12.0. The number of ether oxygens (including phenoxy) is 1. The van der Waals surface area contributed by atoms with Crippen LogP contribution in [0.1, 0.15) is 30.2 Å². The van der Waals surface area contributed by atoms with E-state index in [0.29, 0.717) is 23.5 Å². The van der Waals surface area contributed by atoms with Crippen molar-refractivity contribution in [2.45, 2.75) is 37.9 Å². The molecule has 2 aromatic heterocycles. The maximum absolute atomic E-state index is 12.8. The predicted molar refractivity (Wildman–Crippen MR) is 139 cm³/mol. The van der Waals surface area contributed by atoms with Crippen LogP contribution in [0, 0.1) is 0 Å². The number of thioether (sulfide) groups is 1. The molecule has 37 heavy (non-hydrogen) atoms. The van der Waals surface area contributed by atoms with Crippen molar-refractivity contribution in [3.63, 3.8) is 0 Å². The van der Waals surface area contributed by atoms with Crippen molar-refractivity contribution < 1.29 is 17.9 Å². The van der Waals surface area contributed by atoms with Gasteiger partial charge in [-0.15, -0.1) is 0 Å². The SMILES string of the molecule is Nc1ncnc2c1ncn2C1CCC(CSCCNCc2cccc(-c3ccc(C(F)(F)F)cc3)c2)O1. The molecule has 7 nitrogen and oxygen atoms in total. The summed E-state index contributed by atoms with van der Waals surface area (Å²) >= 11 is 1.84. The number of rotatable bonds is 9. The fourth-order valence-corrected chi connectivity index (χ4v) is 5.36. The van der Waals surface area contributed by atoms with Crippen LogP contribution in [-0.4, -0.2) is 43.7 Å². The highest BCUT2D eigenvalue weighted by Gasteiger charge is 2.30. The van der Waals surface area contributed by atoms with Gasteiger partial charge in [-0.1, -0.05) is 30.3 Å². The van der Waals surface area contributed by atoms with E-state index in [1.54, 1.807) is 6.33 Å². The van der Waals surface area contributed by atoms with Crippen LogP contribution in [0.3, 0.4) is 0 Å². The number of benzene rings is 2. The minimum atomic E-state index is -4.33. The van der Waals surface area contributed by atoms with Gasteiger partial charge in [0.2, 0.25) is 0 Å². The van der Waals surface area contributed by atoms with Gasteiger partial charge >= 0.3 is 6.18 Å². The van der Waals surface area contributed by atoms with E-state index in [1.165, 1.54) is 18.5 Å². The average Bonchev–Trinajstić information content (AvgIpc) is 3.54. The molecule has 0 aliphatic carbocycles. The number of nitrogens with zero attached hydrogens (tertiary/aromatic N) is 4. The Morgan fingerprint density at radius 2 is 1.89 bits per heavy atom. The molecule has 4 aromatic rings. The molecule has 0 saturated carbocycles. The van der Waals surface area contributed by atoms with Crippen LogP contribution >= 0.6 is 11.8 Å². The number of hydrogen-bond donors (Lipinski definition) is 2. The monoisotopic (exact) mass is 528 g/mol. The number of nitrogens with two attached hydrogens (primary N) is 1. The van der Waals surface area contributed by atoms with Crippen LogP contribution < -0.4 is 11.1 Å². The molecule has 11 heteroatoms. The van der Waals surface area contributed by atoms with Gasteiger partial charge < -0.3 is 15.8 Å². The van der Waals surface area contributed by atoms with Gasteiger partial charge in [0, 0.05) is 24.6 Å². The van der Waals surface area contributed by atoms with E-state index in [0.717, 1.165) is 59.7 Å². The number of anilines is 1. The van der Waals surface area contributed by atoms with Crippen molar-refractivity contribution in [1.29, 1.82) is 0 Å². The second kappa shape index (κ2) is 11.1. The highest BCUT2D eigenvalue weighted by molar-refractivity contribution is 7.99. The summed E-state index contributed by atoms with van der Waals surface area (Å²) in [5.74, 6) is 2.22. The summed E-state index contributed by atoms with van der Waals surface area (Å²) in [4.78, 5) is 12.6. The van der Waals surface area contributed by atoms with Gasteiger partial charge in [0.15, 0.2) is 11.5 Å². The highest BCUT2D eigenvalue weighted by Crippen LogP contribution is 2.33. The van der Waals surface area contributed by atoms with E-state index >= 15 is 0 Å². The molecule has 1 saturated heterocycles. The van der Waals surface area contributed by atoms with Crippen molar-refractivity contribution in [3.05, 3.63) is 72.3 Å². The summed E-state index contributed by atoms with van der Waals surface area (Å²) in [6, 6.07) is 13.1. The fraction of sp³-hybridized carbons (Fsp3) is 0.346. The number of fused-ring (bicyclic) bond motifs is 1. The normalized spacial score (nSPS) is 18.0. The van der Waals surface area contributed by atoms with Crippen LogP contribution in [0.4, 0.5) is 19.0 Å². The lowest BCUT2D eigenvalue weighted by atomic mass is 10.0. The topological polar surface area (TPSA) is 90.9 Å². The zero-order valence-electron chi connectivity index (χ0n) is 20.0. The third-order valence-electron chi connectivity index (χ3n) is 6.31. The van der Waals surface area contributed by atoms with Crippen molar-refractivity contribution in [2.75, 3.05) is 23.8 Å². The lowest BCUT2D eigenvalue weighted by Gasteiger charge is -2.15. The number of hydrogen-bond acceptors (Lipinski definition) is 7. The molecule has 1 fully saturated rings. The van der Waals surface area contributed by atoms with Crippen LogP contribution in [0.15, 0.2) is 61.2 Å². The van der Waals surface area contributed by atoms with Gasteiger partial charge in [-0.2, -0.15) is 24.9 Å². The largest absolute Gasteiger partial charge is 0.416 e. The Balaban J connectivity index is 1.04. The molecule has 0 amide bonds. The van der Waals surface area contributed by atoms with E-state index in [4.69, 9.17) is 10.5 Å². The minimum Gasteiger partial charge on any atom is -0.382 e. The van der Waals surface area contributed by atoms with E-state index in [1.807, 2.05) is 40.6 Å². The van der Waals surface area contributed by atoms with E-state index < -0.39 is 11.7 Å². The van der Waals surface area contributed by atoms with Gasteiger partial charge in [0.05, 0.1) is 18.0 Å². The van der Waals surface area contributed by atoms with Gasteiger partial charge in [0.25, 0.3) is 0 Å². The maximum Gasteiger partial charge on any atom is 0.416 e. The molecule has 194 valence electrons. The Labute approximate surface area is 216 Å². The fourth-order valence-electron chi connectivity index (χ4n) is 4.40. The smallest absolute Gasteiger partial charge is 0.382 e. The molecule has 3 N–H and O–H groups in total. The Morgan fingerprint density at radius 3 is 2.70 bits per heavy atom. The molecule has 5 rings (SSSR count). The van der Waals surface area contributed by atoms with Crippen molar-refractivity contribution >= 4 is 28.7 Å². The number of nitrogens with one attached hydrogen (secondary N) is 1. The molecule has 2 unspecified atom stereocenters. The summed E-state index contributed by atoms with van der Waals surface area (Å²) in [7, 11) is 0. The first-order chi connectivity index (χ1) is 17.9. The molecule has 2 aromatic carbocycles. The number of nitrogen functional groups attached to an aromatic ring is 1. The highest BCUT2D eigenvalue weighted by atomic mass is 32.2. The minimum absolute atomic E-state index is 0.0973. The summed E-state index contributed by atoms with van der Waals surface area (Å²) in [6.45, 7) is 1.53. The lowest BCUT2D eigenvalue weighted by molar-refractivity contribution is -0.137. The second-order valence-corrected chi connectivity index (χ2v) is 10.1. The lowest BCUT2D eigenvalue weighted by Crippen LogP contribution is -2.18. The van der Waals surface area contributed by atoms with Crippen LogP contribution in [0.5, 0.6) is 0 Å². The number of alkyl halides is 3. The first kappa shape index (κ1) is 25.5. The average molecular weight is 529 g/mol. The number of aromatic nitrogens is 4. The van der Waals surface area contributed by atoms with Crippen molar-refractivity contribution in [1.82, 2.24) is 24.8 Å².